The van der Waals surface area contributed by atoms with Gasteiger partial charge in [0.2, 0.25) is 11.8 Å². The van der Waals surface area contributed by atoms with Gasteiger partial charge in [-0.05, 0) is 44.7 Å². The van der Waals surface area contributed by atoms with E-state index in [9.17, 15) is 14.7 Å². The zero-order valence-corrected chi connectivity index (χ0v) is 13.7. The zero-order chi connectivity index (χ0) is 16.6. The number of carbonyl (C=O) groups excluding carboxylic acids is 2. The van der Waals surface area contributed by atoms with E-state index in [4.69, 9.17) is 0 Å². The van der Waals surface area contributed by atoms with Crippen molar-refractivity contribution < 1.29 is 14.7 Å². The van der Waals surface area contributed by atoms with Gasteiger partial charge in [0.05, 0.1) is 18.1 Å². The quantitative estimate of drug-likeness (QED) is 0.867. The average Bonchev–Trinajstić information content (AvgIpc) is 3.32. The Balaban J connectivity index is 1.67. The molecule has 2 N–H and O–H groups in total. The summed E-state index contributed by atoms with van der Waals surface area (Å²) in [5.74, 6) is -0.155. The number of nitrogens with one attached hydrogen (secondary N) is 1. The van der Waals surface area contributed by atoms with Crippen LogP contribution in [-0.2, 0) is 9.59 Å². The largest absolute Gasteiger partial charge is 0.394 e. The smallest absolute Gasteiger partial charge is 0.227 e. The number of nitrogens with zero attached hydrogens (tertiary/aromatic N) is 1. The van der Waals surface area contributed by atoms with Gasteiger partial charge in [0, 0.05) is 18.7 Å². The molecule has 0 radical (unpaired) electrons. The molecule has 0 aromatic heterocycles. The first-order chi connectivity index (χ1) is 10.9. The van der Waals surface area contributed by atoms with E-state index in [-0.39, 0.29) is 30.8 Å². The Morgan fingerprint density at radius 2 is 2.00 bits per heavy atom. The highest BCUT2D eigenvalue weighted by Crippen LogP contribution is 2.39. The molecule has 5 heteroatoms. The topological polar surface area (TPSA) is 69.6 Å². The Hall–Kier alpha value is -1.88. The van der Waals surface area contributed by atoms with Gasteiger partial charge in [-0.3, -0.25) is 9.59 Å². The van der Waals surface area contributed by atoms with Gasteiger partial charge in [-0.2, -0.15) is 0 Å². The minimum absolute atomic E-state index is 0.0221. The van der Waals surface area contributed by atoms with Gasteiger partial charge in [0.15, 0.2) is 0 Å². The SMILES string of the molecule is Cc1ccc(N2CC(C(=O)NC(C)(CO)C3CC3)CC2=O)cc1. The molecule has 5 nitrogen and oxygen atoms in total. The molecule has 1 aliphatic heterocycles. The lowest BCUT2D eigenvalue weighted by Crippen LogP contribution is -2.52. The molecular formula is C18H24N2O3. The minimum atomic E-state index is -0.558. The summed E-state index contributed by atoms with van der Waals surface area (Å²) in [7, 11) is 0. The third kappa shape index (κ3) is 3.24. The molecule has 124 valence electrons. The van der Waals surface area contributed by atoms with Crippen molar-refractivity contribution in [1.82, 2.24) is 5.32 Å². The lowest BCUT2D eigenvalue weighted by atomic mass is 9.95. The van der Waals surface area contributed by atoms with Crippen LogP contribution in [0, 0.1) is 18.8 Å². The molecule has 23 heavy (non-hydrogen) atoms. The number of aryl methyl sites for hydroxylation is 1. The minimum Gasteiger partial charge on any atom is -0.394 e. The summed E-state index contributed by atoms with van der Waals surface area (Å²) in [6.07, 6.45) is 2.30. The van der Waals surface area contributed by atoms with Gasteiger partial charge in [-0.25, -0.2) is 0 Å². The van der Waals surface area contributed by atoms with Gasteiger partial charge < -0.3 is 15.3 Å². The lowest BCUT2D eigenvalue weighted by Gasteiger charge is -2.30. The van der Waals surface area contributed by atoms with Gasteiger partial charge in [0.1, 0.15) is 0 Å². The van der Waals surface area contributed by atoms with Gasteiger partial charge >= 0.3 is 0 Å². The van der Waals surface area contributed by atoms with E-state index in [0.717, 1.165) is 24.1 Å². The van der Waals surface area contributed by atoms with Gasteiger partial charge in [-0.15, -0.1) is 0 Å². The summed E-state index contributed by atoms with van der Waals surface area (Å²) in [6.45, 7) is 4.22. The normalized spacial score (nSPS) is 23.7. The number of amides is 2. The molecule has 0 bridgehead atoms. The number of hydrogen-bond acceptors (Lipinski definition) is 3. The molecule has 1 saturated carbocycles. The van der Waals surface area contributed by atoms with Crippen molar-refractivity contribution in [3.8, 4) is 0 Å². The second-order valence-electron chi connectivity index (χ2n) is 7.08. The first kappa shape index (κ1) is 16.0. The number of rotatable bonds is 5. The molecule has 0 spiro atoms. The fourth-order valence-electron chi connectivity index (χ4n) is 3.23. The number of carbonyl (C=O) groups is 2. The van der Waals surface area contributed by atoms with Crippen molar-refractivity contribution >= 4 is 17.5 Å². The molecule has 1 aromatic rings. The summed E-state index contributed by atoms with van der Waals surface area (Å²) in [5.41, 5.74) is 1.41. The fourth-order valence-corrected chi connectivity index (χ4v) is 3.23. The van der Waals surface area contributed by atoms with E-state index in [2.05, 4.69) is 5.32 Å². The van der Waals surface area contributed by atoms with Crippen molar-refractivity contribution in [2.75, 3.05) is 18.1 Å². The standard InChI is InChI=1S/C18H24N2O3/c1-12-3-7-15(8-4-12)20-10-13(9-16(20)22)17(23)19-18(2,11-21)14-5-6-14/h3-4,7-8,13-14,21H,5-6,9-11H2,1-2H3,(H,19,23). The highest BCUT2D eigenvalue weighted by molar-refractivity contribution is 6.00. The van der Waals surface area contributed by atoms with Crippen LogP contribution < -0.4 is 10.2 Å². The lowest BCUT2D eigenvalue weighted by molar-refractivity contribution is -0.128. The van der Waals surface area contributed by atoms with E-state index >= 15 is 0 Å². The molecule has 2 unspecified atom stereocenters. The number of hydrogen-bond donors (Lipinski definition) is 2. The third-order valence-corrected chi connectivity index (χ3v) is 5.06. The van der Waals surface area contributed by atoms with Crippen LogP contribution in [-0.4, -0.2) is 35.6 Å². The Morgan fingerprint density at radius 3 is 2.57 bits per heavy atom. The van der Waals surface area contributed by atoms with Crippen molar-refractivity contribution in [2.24, 2.45) is 11.8 Å². The summed E-state index contributed by atoms with van der Waals surface area (Å²) in [6, 6.07) is 7.75. The predicted molar refractivity (Wildman–Crippen MR) is 88.0 cm³/mol. The maximum Gasteiger partial charge on any atom is 0.227 e. The second-order valence-corrected chi connectivity index (χ2v) is 7.08. The Labute approximate surface area is 136 Å². The highest BCUT2D eigenvalue weighted by atomic mass is 16.3. The number of aliphatic hydroxyl groups is 1. The van der Waals surface area contributed by atoms with E-state index < -0.39 is 5.54 Å². The summed E-state index contributed by atoms with van der Waals surface area (Å²) < 4.78 is 0. The molecule has 2 amide bonds. The van der Waals surface area contributed by atoms with Crippen LogP contribution in [0.25, 0.3) is 0 Å². The van der Waals surface area contributed by atoms with E-state index in [0.29, 0.717) is 12.5 Å². The fraction of sp³-hybridized carbons (Fsp3) is 0.556. The molecule has 1 aliphatic carbocycles. The number of anilines is 1. The predicted octanol–water partition coefficient (Wildman–Crippen LogP) is 1.63. The zero-order valence-electron chi connectivity index (χ0n) is 13.7. The summed E-state index contributed by atoms with van der Waals surface area (Å²) >= 11 is 0. The summed E-state index contributed by atoms with van der Waals surface area (Å²) in [4.78, 5) is 26.5. The van der Waals surface area contributed by atoms with Crippen LogP contribution >= 0.6 is 0 Å². The monoisotopic (exact) mass is 316 g/mol. The molecular weight excluding hydrogens is 292 g/mol. The van der Waals surface area contributed by atoms with E-state index in [1.165, 1.54) is 0 Å². The van der Waals surface area contributed by atoms with Crippen molar-refractivity contribution in [3.05, 3.63) is 29.8 Å². The van der Waals surface area contributed by atoms with Gasteiger partial charge in [0.25, 0.3) is 0 Å². The Kier molecular flexibility index (Phi) is 4.15. The highest BCUT2D eigenvalue weighted by Gasteiger charge is 2.44. The first-order valence-electron chi connectivity index (χ1n) is 8.23. The molecule has 2 atom stereocenters. The summed E-state index contributed by atoms with van der Waals surface area (Å²) in [5, 5.41) is 12.6. The van der Waals surface area contributed by atoms with Crippen molar-refractivity contribution in [3.63, 3.8) is 0 Å². The van der Waals surface area contributed by atoms with E-state index in [1.807, 2.05) is 38.1 Å². The molecule has 2 aliphatic rings. The molecule has 1 heterocycles. The molecule has 3 rings (SSSR count). The average molecular weight is 316 g/mol. The Morgan fingerprint density at radius 1 is 1.35 bits per heavy atom. The third-order valence-electron chi connectivity index (χ3n) is 5.06. The second kappa shape index (κ2) is 5.96. The number of benzene rings is 1. The van der Waals surface area contributed by atoms with Crippen molar-refractivity contribution in [1.29, 1.82) is 0 Å². The van der Waals surface area contributed by atoms with Crippen LogP contribution in [0.2, 0.25) is 0 Å². The number of aliphatic hydroxyl groups excluding tert-OH is 1. The maximum absolute atomic E-state index is 12.5. The molecule has 1 saturated heterocycles. The first-order valence-corrected chi connectivity index (χ1v) is 8.23. The van der Waals surface area contributed by atoms with Crippen LogP contribution in [0.1, 0.15) is 31.7 Å². The molecule has 2 fully saturated rings. The van der Waals surface area contributed by atoms with Crippen LogP contribution in [0.3, 0.4) is 0 Å². The van der Waals surface area contributed by atoms with Crippen LogP contribution in [0.5, 0.6) is 0 Å². The maximum atomic E-state index is 12.5. The Bertz CT molecular complexity index is 609. The van der Waals surface area contributed by atoms with Gasteiger partial charge in [-0.1, -0.05) is 17.7 Å². The van der Waals surface area contributed by atoms with Crippen LogP contribution in [0.4, 0.5) is 5.69 Å². The van der Waals surface area contributed by atoms with E-state index in [1.54, 1.807) is 4.90 Å². The van der Waals surface area contributed by atoms with Crippen molar-refractivity contribution in [2.45, 2.75) is 38.6 Å². The van der Waals surface area contributed by atoms with Crippen LogP contribution in [0.15, 0.2) is 24.3 Å². The molecule has 1 aromatic carbocycles.